The van der Waals surface area contributed by atoms with Gasteiger partial charge in [0.25, 0.3) is 0 Å². The van der Waals surface area contributed by atoms with Crippen molar-refractivity contribution in [2.45, 2.75) is 25.3 Å². The van der Waals surface area contributed by atoms with Crippen molar-refractivity contribution in [2.24, 2.45) is 0 Å². The van der Waals surface area contributed by atoms with Crippen LogP contribution in [0.3, 0.4) is 0 Å². The van der Waals surface area contributed by atoms with Crippen LogP contribution in [-0.2, 0) is 0 Å². The smallest absolute Gasteiger partial charge is 0.198 e. The Hall–Kier alpha value is 0.577. The van der Waals surface area contributed by atoms with Gasteiger partial charge in [-0.1, -0.05) is 13.8 Å². The summed E-state index contributed by atoms with van der Waals surface area (Å²) < 4.78 is 0. The van der Waals surface area contributed by atoms with E-state index in [4.69, 9.17) is 38.5 Å². The second kappa shape index (κ2) is 3.32. The molecule has 5 heteroatoms. The van der Waals surface area contributed by atoms with E-state index in [-0.39, 0.29) is 0 Å². The van der Waals surface area contributed by atoms with Gasteiger partial charge in [0.05, 0.1) is 6.07 Å². The topological polar surface area (TPSA) is 23.8 Å². The summed E-state index contributed by atoms with van der Waals surface area (Å²) in [6, 6.07) is -0.716. The predicted octanol–water partition coefficient (Wildman–Crippen LogP) is 3.34. The van der Waals surface area contributed by atoms with Gasteiger partial charge in [-0.2, -0.15) is 5.26 Å². The maximum absolute atomic E-state index is 8.36. The van der Waals surface area contributed by atoms with Gasteiger partial charge in [0.15, 0.2) is 0 Å². The second-order valence-corrected chi connectivity index (χ2v) is 11.9. The van der Waals surface area contributed by atoms with Crippen LogP contribution < -0.4 is 0 Å². The van der Waals surface area contributed by atoms with Gasteiger partial charge in [-0.3, -0.25) is 0 Å². The first-order valence-electron chi connectivity index (χ1n) is 2.75. The Bertz CT molecular complexity index is 155. The lowest BCUT2D eigenvalue weighted by atomic mass is 10.1. The molecule has 0 rings (SSSR count). The number of nitriles is 1. The Morgan fingerprint density at radius 2 is 1.80 bits per heavy atom. The third-order valence-corrected chi connectivity index (χ3v) is 7.60. The maximum atomic E-state index is 8.36. The van der Waals surface area contributed by atoms with Crippen molar-refractivity contribution in [3.05, 3.63) is 0 Å². The monoisotopic (exact) mass is 215 g/mol. The van der Waals surface area contributed by atoms with E-state index in [2.05, 4.69) is 0 Å². The van der Waals surface area contributed by atoms with Crippen LogP contribution in [0.25, 0.3) is 0 Å². The van der Waals surface area contributed by atoms with Crippen molar-refractivity contribution in [1.29, 1.82) is 5.26 Å². The number of halogens is 3. The molecule has 10 heavy (non-hydrogen) atoms. The summed E-state index contributed by atoms with van der Waals surface area (Å²) in [5.74, 6) is 0. The summed E-state index contributed by atoms with van der Waals surface area (Å²) in [5, 5.41) is 7.92. The summed E-state index contributed by atoms with van der Waals surface area (Å²) >= 11 is 17.2. The highest BCUT2D eigenvalue weighted by atomic mass is 35.8. The molecule has 0 aliphatic heterocycles. The fourth-order valence-electron chi connectivity index (χ4n) is 0.298. The molecule has 0 saturated carbocycles. The first kappa shape index (κ1) is 10.6. The molecular weight excluding hydrogens is 209 g/mol. The summed E-state index contributed by atoms with van der Waals surface area (Å²) in [7, 11) is 0. The Morgan fingerprint density at radius 3 is 1.90 bits per heavy atom. The fraction of sp³-hybridized carbons (Fsp3) is 0.800. The zero-order valence-electron chi connectivity index (χ0n) is 5.79. The molecule has 0 atom stereocenters. The van der Waals surface area contributed by atoms with Gasteiger partial charge in [0.2, 0.25) is 0 Å². The summed E-state index contributed by atoms with van der Waals surface area (Å²) in [5.41, 5.74) is 0. The number of hydrogen-bond acceptors (Lipinski definition) is 1. The predicted molar refractivity (Wildman–Crippen MR) is 47.6 cm³/mol. The Morgan fingerprint density at radius 1 is 1.40 bits per heavy atom. The molecule has 0 aromatic rings. The molecule has 58 valence electrons. The van der Waals surface area contributed by atoms with Crippen LogP contribution in [0.4, 0.5) is 0 Å². The van der Waals surface area contributed by atoms with E-state index in [1.165, 1.54) is 0 Å². The van der Waals surface area contributed by atoms with E-state index in [0.29, 0.717) is 6.42 Å². The minimum Gasteiger partial charge on any atom is -0.198 e. The highest BCUT2D eigenvalue weighted by Gasteiger charge is 2.43. The molecule has 0 aliphatic rings. The summed E-state index contributed by atoms with van der Waals surface area (Å²) in [4.78, 5) is 0. The lowest BCUT2D eigenvalue weighted by molar-refractivity contribution is 0.689. The van der Waals surface area contributed by atoms with E-state index in [1.54, 1.807) is 13.8 Å². The second-order valence-electron chi connectivity index (χ2n) is 2.72. The van der Waals surface area contributed by atoms with E-state index >= 15 is 0 Å². The van der Waals surface area contributed by atoms with Crippen molar-refractivity contribution in [3.8, 4) is 6.07 Å². The number of hydrogen-bond donors (Lipinski definition) is 0. The number of nitrogens with zero attached hydrogens (tertiary/aromatic N) is 1. The minimum absolute atomic E-state index is 0.301. The van der Waals surface area contributed by atoms with Crippen LogP contribution in [-0.4, -0.2) is 6.00 Å². The van der Waals surface area contributed by atoms with Crippen LogP contribution in [0.5, 0.6) is 0 Å². The van der Waals surface area contributed by atoms with Gasteiger partial charge in [-0.15, -0.1) is 33.2 Å². The molecule has 0 aliphatic carbocycles. The molecule has 0 saturated heterocycles. The zero-order valence-corrected chi connectivity index (χ0v) is 9.06. The normalized spacial score (nSPS) is 12.8. The minimum atomic E-state index is -2.71. The first-order valence-corrected chi connectivity index (χ1v) is 7.78. The standard InChI is InChI=1S/C5H8Cl3NSi/c1-5(2,3-4-9)10(6,7)8/h3H2,1-2H3. The fourth-order valence-corrected chi connectivity index (χ4v) is 1.18. The molecule has 0 unspecified atom stereocenters. The van der Waals surface area contributed by atoms with Gasteiger partial charge in [-0.25, -0.2) is 0 Å². The van der Waals surface area contributed by atoms with E-state index in [0.717, 1.165) is 0 Å². The Balaban J connectivity index is 4.28. The van der Waals surface area contributed by atoms with Gasteiger partial charge >= 0.3 is 6.00 Å². The maximum Gasteiger partial charge on any atom is 0.347 e. The molecule has 0 N–H and O–H groups in total. The first-order chi connectivity index (χ1) is 4.31. The third kappa shape index (κ3) is 2.67. The van der Waals surface area contributed by atoms with Crippen molar-refractivity contribution in [1.82, 2.24) is 0 Å². The van der Waals surface area contributed by atoms with Crippen LogP contribution in [0.15, 0.2) is 0 Å². The van der Waals surface area contributed by atoms with Crippen molar-refractivity contribution < 1.29 is 0 Å². The van der Waals surface area contributed by atoms with Crippen molar-refractivity contribution in [2.75, 3.05) is 0 Å². The molecule has 0 fully saturated rings. The average Bonchev–Trinajstić information content (AvgIpc) is 1.61. The van der Waals surface area contributed by atoms with Crippen LogP contribution in [0, 0.1) is 11.3 Å². The van der Waals surface area contributed by atoms with Gasteiger partial charge in [0, 0.05) is 11.5 Å². The van der Waals surface area contributed by atoms with Gasteiger partial charge < -0.3 is 0 Å². The Labute approximate surface area is 76.0 Å². The highest BCUT2D eigenvalue weighted by molar-refractivity contribution is 7.65. The Kier molecular flexibility index (Phi) is 3.51. The van der Waals surface area contributed by atoms with Gasteiger partial charge in [-0.05, 0) is 0 Å². The highest BCUT2D eigenvalue weighted by Crippen LogP contribution is 2.47. The molecule has 0 amide bonds. The molecule has 0 heterocycles. The van der Waals surface area contributed by atoms with E-state index < -0.39 is 11.0 Å². The third-order valence-electron chi connectivity index (χ3n) is 1.29. The largest absolute Gasteiger partial charge is 0.347 e. The van der Waals surface area contributed by atoms with Crippen LogP contribution >= 0.6 is 33.2 Å². The van der Waals surface area contributed by atoms with E-state index in [1.807, 2.05) is 6.07 Å². The lowest BCUT2D eigenvalue weighted by Crippen LogP contribution is -2.27. The van der Waals surface area contributed by atoms with Gasteiger partial charge in [0.1, 0.15) is 0 Å². The zero-order chi connectivity index (χ0) is 8.41. The molecule has 1 nitrogen and oxygen atoms in total. The summed E-state index contributed by atoms with van der Waals surface area (Å²) in [6.07, 6.45) is 0.301. The molecule has 0 aromatic heterocycles. The van der Waals surface area contributed by atoms with E-state index in [9.17, 15) is 0 Å². The molecular formula is C5H8Cl3NSi. The molecule has 0 bridgehead atoms. The molecule has 0 spiro atoms. The quantitative estimate of drug-likeness (QED) is 0.513. The molecule has 0 aromatic carbocycles. The number of rotatable bonds is 2. The van der Waals surface area contributed by atoms with Crippen molar-refractivity contribution in [3.63, 3.8) is 0 Å². The SMILES string of the molecule is CC(C)(CC#N)[Si](Cl)(Cl)Cl. The van der Waals surface area contributed by atoms with Crippen LogP contribution in [0.1, 0.15) is 20.3 Å². The van der Waals surface area contributed by atoms with Crippen molar-refractivity contribution >= 4 is 39.2 Å². The lowest BCUT2D eigenvalue weighted by Gasteiger charge is -2.26. The van der Waals surface area contributed by atoms with Crippen LogP contribution in [0.2, 0.25) is 5.04 Å². The molecule has 0 radical (unpaired) electrons. The summed E-state index contributed by atoms with van der Waals surface area (Å²) in [6.45, 7) is 3.60. The average molecular weight is 217 g/mol.